The van der Waals surface area contributed by atoms with Gasteiger partial charge in [-0.05, 0) is 50.4 Å². The van der Waals surface area contributed by atoms with Crippen molar-refractivity contribution in [2.45, 2.75) is 131 Å². The third kappa shape index (κ3) is 55.4. The van der Waals surface area contributed by atoms with Crippen LogP contribution in [-0.4, -0.2) is 16.4 Å². The predicted molar refractivity (Wildman–Crippen MR) is 188 cm³/mol. The molecule has 0 aromatic carbocycles. The summed E-state index contributed by atoms with van der Waals surface area (Å²) in [5, 5.41) is 10.9. The number of rotatable bonds is 2. The van der Waals surface area contributed by atoms with E-state index in [1.807, 2.05) is 60.6 Å². The number of hydrogen-bond acceptors (Lipinski definition) is 2. The van der Waals surface area contributed by atoms with Crippen molar-refractivity contribution < 1.29 is 31.0 Å². The van der Waals surface area contributed by atoms with Gasteiger partial charge in [0.2, 0.25) is 0 Å². The van der Waals surface area contributed by atoms with E-state index in [1.165, 1.54) is 5.92 Å². The molecule has 1 aliphatic rings. The second kappa shape index (κ2) is 27.6. The summed E-state index contributed by atoms with van der Waals surface area (Å²) in [4.78, 5) is 10.3. The molecule has 1 atom stereocenters. The third-order valence-electron chi connectivity index (χ3n) is 4.74. The van der Waals surface area contributed by atoms with E-state index in [1.54, 1.807) is 19.4 Å². The van der Waals surface area contributed by atoms with E-state index in [9.17, 15) is 4.79 Å². The van der Waals surface area contributed by atoms with Crippen LogP contribution in [-0.2, 0) is 25.9 Å². The maximum atomic E-state index is 10.3. The molecule has 238 valence electrons. The van der Waals surface area contributed by atoms with Crippen molar-refractivity contribution in [2.24, 2.45) is 27.6 Å². The first kappa shape index (κ1) is 52.4. The van der Waals surface area contributed by atoms with E-state index >= 15 is 0 Å². The minimum Gasteiger partial charge on any atom is -0.481 e. The molecule has 1 N–H and O–H groups in total. The molecular formula is C37H66O2SW. The van der Waals surface area contributed by atoms with E-state index in [2.05, 4.69) is 116 Å². The van der Waals surface area contributed by atoms with Crippen LogP contribution in [0.15, 0.2) is 48.1 Å². The number of aliphatic carboxylic acids is 1. The summed E-state index contributed by atoms with van der Waals surface area (Å²) in [7, 11) is 0. The monoisotopic (exact) mass is 758 g/mol. The van der Waals surface area contributed by atoms with E-state index < -0.39 is 5.97 Å². The van der Waals surface area contributed by atoms with Gasteiger partial charge in [0.1, 0.15) is 0 Å². The fourth-order valence-corrected chi connectivity index (χ4v) is 1.83. The Hall–Kier alpha value is -1.23. The second-order valence-electron chi connectivity index (χ2n) is 14.3. The summed E-state index contributed by atoms with van der Waals surface area (Å²) in [5.41, 5.74) is 2.19. The smallest absolute Gasteiger partial charge is 0.481 e. The molecule has 1 unspecified atom stereocenters. The van der Waals surface area contributed by atoms with Crippen LogP contribution in [0, 0.1) is 45.8 Å². The van der Waals surface area contributed by atoms with Gasteiger partial charge in [0.25, 0.3) is 0 Å². The number of carboxylic acids is 1. The standard InChI is InChI=1S/C9H14.C9H16.C7H14O2.C6H10.C4H9.C2H3S.W/c1-9(2,3)8-6-4-5-7-8;1-5-6-7-8-9(2,3)4;1-5(6(8)9)7(2,3)4;1-5-6(2,3)4;1-4(2)3;1-2-3;/h4-6H,7H2,1-3H3;5-8H,1-4H3;5H,1-4H3,(H,8,9);1H,2-4H3;1-3H3;1H3;/q;;;;2*-1;+2/b;6-5+,8-7+;;;;;. The van der Waals surface area contributed by atoms with Gasteiger partial charge in [-0.2, -0.15) is 27.7 Å². The fraction of sp³-hybridized carbons (Fsp3) is 0.649. The average molecular weight is 759 g/mol. The van der Waals surface area contributed by atoms with Gasteiger partial charge >= 0.3 is 27.0 Å². The normalized spacial score (nSPS) is 13.1. The zero-order valence-electron chi connectivity index (χ0n) is 30.1. The van der Waals surface area contributed by atoms with Crippen molar-refractivity contribution in [1.82, 2.24) is 0 Å². The Morgan fingerprint density at radius 2 is 1.39 bits per heavy atom. The molecule has 0 spiro atoms. The number of carboxylic acid groups (broad SMARTS) is 1. The minimum atomic E-state index is -0.720. The van der Waals surface area contributed by atoms with Crippen LogP contribution in [0.2, 0.25) is 0 Å². The molecule has 1 aliphatic carbocycles. The van der Waals surface area contributed by atoms with Crippen LogP contribution in [0.4, 0.5) is 0 Å². The average Bonchev–Trinajstić information content (AvgIpc) is 3.28. The van der Waals surface area contributed by atoms with Crippen molar-refractivity contribution >= 4 is 23.6 Å². The molecule has 0 aromatic heterocycles. The Morgan fingerprint density at radius 3 is 1.51 bits per heavy atom. The first-order valence-electron chi connectivity index (χ1n) is 14.2. The molecule has 0 saturated carbocycles. The molecule has 41 heavy (non-hydrogen) atoms. The second-order valence-corrected chi connectivity index (χ2v) is 14.8. The van der Waals surface area contributed by atoms with Crippen LogP contribution >= 0.6 is 12.2 Å². The molecule has 1 rings (SSSR count). The number of carbonyl (C=O) groups is 1. The Morgan fingerprint density at radius 1 is 1.02 bits per heavy atom. The first-order valence-corrected chi connectivity index (χ1v) is 14.6. The molecule has 0 fully saturated rings. The number of hydrogen-bond donors (Lipinski definition) is 1. The van der Waals surface area contributed by atoms with Crippen LogP contribution in [0.25, 0.3) is 0 Å². The summed E-state index contributed by atoms with van der Waals surface area (Å²) in [6.07, 6.45) is 21.1. The van der Waals surface area contributed by atoms with Crippen LogP contribution in [0.1, 0.15) is 131 Å². The number of terminal acetylenes is 1. The van der Waals surface area contributed by atoms with Crippen molar-refractivity contribution in [3.05, 3.63) is 54.0 Å². The quantitative estimate of drug-likeness (QED) is 0.132. The molecule has 0 saturated heterocycles. The number of allylic oxidation sites excluding steroid dienone is 8. The molecular weight excluding hydrogens is 692 g/mol. The molecule has 0 aliphatic heterocycles. The maximum absolute atomic E-state index is 10.3. The topological polar surface area (TPSA) is 37.3 Å². The van der Waals surface area contributed by atoms with Crippen molar-refractivity contribution in [1.29, 1.82) is 0 Å². The molecule has 2 nitrogen and oxygen atoms in total. The Bertz CT molecular complexity index is 790. The molecule has 0 aromatic rings. The summed E-state index contributed by atoms with van der Waals surface area (Å²) in [5.74, 6) is 3.03. The van der Waals surface area contributed by atoms with Gasteiger partial charge in [-0.3, -0.25) is 4.79 Å². The Labute approximate surface area is 278 Å². The molecule has 0 radical (unpaired) electrons. The molecule has 0 heterocycles. The Kier molecular flexibility index (Phi) is 35.3. The predicted octanol–water partition coefficient (Wildman–Crippen LogP) is 12.0. The van der Waals surface area contributed by atoms with Crippen molar-refractivity contribution in [3.63, 3.8) is 0 Å². The SMILES string of the molecule is C#CC(C)(C)C.C/C=C/C=C/C(C)(C)C.CC(C(=O)O)C(C)(C)C.CC(C)(C)C1=CC=CC1.C[C-](C)C.C[C-]=S.[W+2]. The Balaban J connectivity index is -0.0000000926. The fourth-order valence-electron chi connectivity index (χ4n) is 1.83. The van der Waals surface area contributed by atoms with Crippen molar-refractivity contribution in [3.8, 4) is 12.3 Å². The molecule has 0 bridgehead atoms. The van der Waals surface area contributed by atoms with E-state index in [0.717, 1.165) is 6.42 Å². The van der Waals surface area contributed by atoms with Crippen molar-refractivity contribution in [2.75, 3.05) is 0 Å². The third-order valence-corrected chi connectivity index (χ3v) is 4.74. The van der Waals surface area contributed by atoms with Crippen LogP contribution < -0.4 is 0 Å². The van der Waals surface area contributed by atoms with Gasteiger partial charge in [0.05, 0.1) is 5.92 Å². The van der Waals surface area contributed by atoms with E-state index in [4.69, 9.17) is 11.5 Å². The summed E-state index contributed by atoms with van der Waals surface area (Å²) in [6.45, 7) is 36.8. The van der Waals surface area contributed by atoms with Gasteiger partial charge in [-0.1, -0.05) is 117 Å². The summed E-state index contributed by atoms with van der Waals surface area (Å²) in [6, 6.07) is 0. The van der Waals surface area contributed by atoms with Gasteiger partial charge in [-0.15, -0.1) is 12.3 Å². The molecule has 0 amide bonds. The summed E-state index contributed by atoms with van der Waals surface area (Å²) < 4.78 is 0. The summed E-state index contributed by atoms with van der Waals surface area (Å²) >= 11 is 4.14. The zero-order valence-corrected chi connectivity index (χ0v) is 33.8. The van der Waals surface area contributed by atoms with Crippen LogP contribution in [0.5, 0.6) is 0 Å². The minimum absolute atomic E-state index is 0. The first-order chi connectivity index (χ1) is 17.7. The maximum Gasteiger partial charge on any atom is 2.00 e. The van der Waals surface area contributed by atoms with Gasteiger partial charge in [0, 0.05) is 5.41 Å². The molecule has 4 heteroatoms. The van der Waals surface area contributed by atoms with E-state index in [0.29, 0.717) is 10.8 Å². The largest absolute Gasteiger partial charge is 2.00 e. The van der Waals surface area contributed by atoms with Crippen LogP contribution in [0.3, 0.4) is 0 Å². The van der Waals surface area contributed by atoms with Gasteiger partial charge in [-0.25, -0.2) is 0 Å². The van der Waals surface area contributed by atoms with Gasteiger partial charge in [0.15, 0.2) is 0 Å². The number of thiocarbonyl (C=S) groups is 1. The van der Waals surface area contributed by atoms with Gasteiger partial charge < -0.3 is 28.6 Å². The van der Waals surface area contributed by atoms with E-state index in [-0.39, 0.29) is 37.8 Å². The zero-order chi connectivity index (χ0) is 33.4.